The maximum Gasteiger partial charge on any atom is 0.338 e. The number of rotatable bonds is 2. The Kier molecular flexibility index (Phi) is 2.96. The number of ether oxygens (including phenoxy) is 1. The quantitative estimate of drug-likeness (QED) is 0.582. The van der Waals surface area contributed by atoms with Crippen molar-refractivity contribution in [3.63, 3.8) is 0 Å². The third kappa shape index (κ3) is 2.25. The average molecular weight is 222 g/mol. The lowest BCUT2D eigenvalue weighted by molar-refractivity contribution is -0.0640. The Morgan fingerprint density at radius 3 is 3.06 bits per heavy atom. The molecule has 1 atom stereocenters. The first kappa shape index (κ1) is 10.8. The molecule has 1 unspecified atom stereocenters. The number of nitrogens with zero attached hydrogens (tertiary/aromatic N) is 1. The van der Waals surface area contributed by atoms with Crippen LogP contribution in [0.4, 0.5) is 4.79 Å². The molecule has 0 aromatic heterocycles. The van der Waals surface area contributed by atoms with Crippen molar-refractivity contribution in [2.45, 2.75) is 18.9 Å². The van der Waals surface area contributed by atoms with Crippen molar-refractivity contribution in [3.8, 4) is 5.75 Å². The molecule has 0 fully saturated rings. The highest BCUT2D eigenvalue weighted by atomic mass is 16.5. The Bertz CT molecular complexity index is 395. The molecule has 16 heavy (non-hydrogen) atoms. The van der Waals surface area contributed by atoms with Crippen LogP contribution in [0.2, 0.25) is 0 Å². The number of hydrogen-bond donors (Lipinski definition) is 2. The van der Waals surface area contributed by atoms with E-state index in [1.165, 1.54) is 0 Å². The van der Waals surface area contributed by atoms with Crippen LogP contribution in [0.3, 0.4) is 0 Å². The molecule has 5 heteroatoms. The van der Waals surface area contributed by atoms with Crippen molar-refractivity contribution in [2.75, 3.05) is 6.54 Å². The number of aryl methyl sites for hydroxylation is 1. The minimum absolute atomic E-state index is 0.101. The summed E-state index contributed by atoms with van der Waals surface area (Å²) in [7, 11) is 0. The molecule has 1 heterocycles. The number of urea groups is 1. The van der Waals surface area contributed by atoms with Gasteiger partial charge in [-0.2, -0.15) is 0 Å². The Hall–Kier alpha value is -1.75. The number of benzene rings is 1. The zero-order chi connectivity index (χ0) is 11.5. The number of carbonyl (C=O) groups is 1. The topological polar surface area (TPSA) is 75.8 Å². The first-order valence-electron chi connectivity index (χ1n) is 5.17. The summed E-state index contributed by atoms with van der Waals surface area (Å²) < 4.78 is 5.64. The molecule has 0 radical (unpaired) electrons. The van der Waals surface area contributed by atoms with Gasteiger partial charge >= 0.3 is 6.03 Å². The fraction of sp³-hybridized carbons (Fsp3) is 0.364. The van der Waals surface area contributed by atoms with Crippen LogP contribution >= 0.6 is 0 Å². The summed E-state index contributed by atoms with van der Waals surface area (Å²) in [5.74, 6) is 0.816. The highest BCUT2D eigenvalue weighted by molar-refractivity contribution is 5.70. The van der Waals surface area contributed by atoms with E-state index in [9.17, 15) is 10.0 Å². The van der Waals surface area contributed by atoms with E-state index in [1.807, 2.05) is 24.3 Å². The molecule has 1 aliphatic rings. The number of para-hydroxylation sites is 1. The largest absolute Gasteiger partial charge is 0.488 e. The first-order valence-corrected chi connectivity index (χ1v) is 5.17. The van der Waals surface area contributed by atoms with Gasteiger partial charge in [0.25, 0.3) is 0 Å². The molecule has 1 aromatic carbocycles. The number of hydrogen-bond acceptors (Lipinski definition) is 3. The van der Waals surface area contributed by atoms with Crippen LogP contribution < -0.4 is 10.5 Å². The van der Waals surface area contributed by atoms with Gasteiger partial charge in [0.2, 0.25) is 0 Å². The summed E-state index contributed by atoms with van der Waals surface area (Å²) in [5.41, 5.74) is 6.08. The minimum Gasteiger partial charge on any atom is -0.488 e. The molecule has 0 spiro atoms. The lowest BCUT2D eigenvalue weighted by Gasteiger charge is -2.27. The second kappa shape index (κ2) is 4.40. The molecule has 5 nitrogen and oxygen atoms in total. The lowest BCUT2D eigenvalue weighted by Crippen LogP contribution is -2.41. The molecule has 0 saturated carbocycles. The third-order valence-corrected chi connectivity index (χ3v) is 2.63. The van der Waals surface area contributed by atoms with Gasteiger partial charge in [-0.25, -0.2) is 9.86 Å². The molecule has 2 amide bonds. The highest BCUT2D eigenvalue weighted by Crippen LogP contribution is 2.27. The van der Waals surface area contributed by atoms with Gasteiger partial charge in [0.05, 0.1) is 6.54 Å². The average Bonchev–Trinajstić information content (AvgIpc) is 2.28. The highest BCUT2D eigenvalue weighted by Gasteiger charge is 2.22. The van der Waals surface area contributed by atoms with E-state index < -0.39 is 6.03 Å². The van der Waals surface area contributed by atoms with Gasteiger partial charge in [0.1, 0.15) is 11.9 Å². The van der Waals surface area contributed by atoms with E-state index in [2.05, 4.69) is 0 Å². The number of hydroxylamine groups is 2. The van der Waals surface area contributed by atoms with E-state index in [0.29, 0.717) is 5.06 Å². The van der Waals surface area contributed by atoms with Crippen LogP contribution in [0.25, 0.3) is 0 Å². The van der Waals surface area contributed by atoms with Crippen molar-refractivity contribution in [3.05, 3.63) is 29.8 Å². The molecule has 1 aromatic rings. The second-order valence-electron chi connectivity index (χ2n) is 3.81. The molecule has 2 rings (SSSR count). The summed E-state index contributed by atoms with van der Waals surface area (Å²) in [6.07, 6.45) is 1.45. The SMILES string of the molecule is NC(=O)N(O)CC1CCc2ccccc2O1. The van der Waals surface area contributed by atoms with Crippen molar-refractivity contribution >= 4 is 6.03 Å². The maximum atomic E-state index is 10.7. The molecule has 86 valence electrons. The normalized spacial score (nSPS) is 18.4. The molecule has 1 aliphatic heterocycles. The summed E-state index contributed by atoms with van der Waals surface area (Å²) in [5, 5.41) is 9.69. The van der Waals surface area contributed by atoms with Gasteiger partial charge in [-0.15, -0.1) is 0 Å². The second-order valence-corrected chi connectivity index (χ2v) is 3.81. The van der Waals surface area contributed by atoms with Crippen LogP contribution in [-0.4, -0.2) is 29.0 Å². The van der Waals surface area contributed by atoms with Crippen LogP contribution in [0.5, 0.6) is 5.75 Å². The van der Waals surface area contributed by atoms with Crippen molar-refractivity contribution in [1.82, 2.24) is 5.06 Å². The van der Waals surface area contributed by atoms with Crippen LogP contribution in [-0.2, 0) is 6.42 Å². The number of amides is 2. The summed E-state index contributed by atoms with van der Waals surface area (Å²) in [6, 6.07) is 6.89. The predicted molar refractivity (Wildman–Crippen MR) is 57.3 cm³/mol. The van der Waals surface area contributed by atoms with Gasteiger partial charge < -0.3 is 10.5 Å². The Morgan fingerprint density at radius 1 is 1.56 bits per heavy atom. The summed E-state index contributed by atoms with van der Waals surface area (Å²) >= 11 is 0. The molecular formula is C11H14N2O3. The third-order valence-electron chi connectivity index (χ3n) is 2.63. The smallest absolute Gasteiger partial charge is 0.338 e. The number of fused-ring (bicyclic) bond motifs is 1. The number of primary amides is 1. The molecular weight excluding hydrogens is 208 g/mol. The van der Waals surface area contributed by atoms with Gasteiger partial charge in [-0.1, -0.05) is 18.2 Å². The maximum absolute atomic E-state index is 10.7. The molecule has 0 saturated heterocycles. The fourth-order valence-corrected chi connectivity index (χ4v) is 1.79. The van der Waals surface area contributed by atoms with Crippen molar-refractivity contribution < 1.29 is 14.7 Å². The minimum atomic E-state index is -0.859. The van der Waals surface area contributed by atoms with Gasteiger partial charge in [0, 0.05) is 0 Å². The molecule has 3 N–H and O–H groups in total. The van der Waals surface area contributed by atoms with Gasteiger partial charge in [-0.05, 0) is 24.5 Å². The number of carbonyl (C=O) groups excluding carboxylic acids is 1. The van der Waals surface area contributed by atoms with Gasteiger partial charge in [-0.3, -0.25) is 5.21 Å². The summed E-state index contributed by atoms with van der Waals surface area (Å²) in [6.45, 7) is 0.101. The molecule has 0 bridgehead atoms. The van der Waals surface area contributed by atoms with E-state index in [1.54, 1.807) is 0 Å². The zero-order valence-electron chi connectivity index (χ0n) is 8.80. The predicted octanol–water partition coefficient (Wildman–Crippen LogP) is 1.15. The van der Waals surface area contributed by atoms with Gasteiger partial charge in [0.15, 0.2) is 0 Å². The molecule has 0 aliphatic carbocycles. The monoisotopic (exact) mass is 222 g/mol. The summed E-state index contributed by atoms with van der Waals surface area (Å²) in [4.78, 5) is 10.7. The lowest BCUT2D eigenvalue weighted by atomic mass is 10.0. The van der Waals surface area contributed by atoms with E-state index in [0.717, 1.165) is 24.2 Å². The standard InChI is InChI=1S/C11H14N2O3/c12-11(14)13(15)7-9-6-5-8-3-1-2-4-10(8)16-9/h1-4,9,15H,5-7H2,(H2,12,14). The van der Waals surface area contributed by atoms with Crippen LogP contribution in [0, 0.1) is 0 Å². The fourth-order valence-electron chi connectivity index (χ4n) is 1.79. The zero-order valence-corrected chi connectivity index (χ0v) is 8.80. The van der Waals surface area contributed by atoms with E-state index in [-0.39, 0.29) is 12.6 Å². The number of nitrogens with two attached hydrogens (primary N) is 1. The van der Waals surface area contributed by atoms with E-state index >= 15 is 0 Å². The van der Waals surface area contributed by atoms with Crippen molar-refractivity contribution in [1.29, 1.82) is 0 Å². The van der Waals surface area contributed by atoms with E-state index in [4.69, 9.17) is 10.5 Å². The van der Waals surface area contributed by atoms with Crippen LogP contribution in [0.15, 0.2) is 24.3 Å². The van der Waals surface area contributed by atoms with Crippen molar-refractivity contribution in [2.24, 2.45) is 5.73 Å². The van der Waals surface area contributed by atoms with Crippen LogP contribution in [0.1, 0.15) is 12.0 Å². The Labute approximate surface area is 93.4 Å². The first-order chi connectivity index (χ1) is 7.66. The Balaban J connectivity index is 2.00. The Morgan fingerprint density at radius 2 is 2.31 bits per heavy atom.